The molecule has 26 heavy (non-hydrogen) atoms. The number of halogens is 2. The van der Waals surface area contributed by atoms with E-state index in [0.717, 1.165) is 5.56 Å². The number of ether oxygens (including phenoxy) is 2. The van der Waals surface area contributed by atoms with Gasteiger partial charge in [0, 0.05) is 4.47 Å². The Labute approximate surface area is 167 Å². The lowest BCUT2D eigenvalue weighted by molar-refractivity contribution is 0.287. The first kappa shape index (κ1) is 20.5. The van der Waals surface area contributed by atoms with E-state index in [1.807, 2.05) is 39.0 Å². The molecule has 0 spiro atoms. The smallest absolute Gasteiger partial charge is 0.171 e. The van der Waals surface area contributed by atoms with Crippen LogP contribution in [0.25, 0.3) is 0 Å². The average Bonchev–Trinajstić information content (AvgIpc) is 2.59. The normalized spacial score (nSPS) is 11.6. The van der Waals surface area contributed by atoms with Crippen molar-refractivity contribution in [1.29, 1.82) is 0 Å². The van der Waals surface area contributed by atoms with E-state index in [4.69, 9.17) is 21.7 Å². The van der Waals surface area contributed by atoms with Crippen molar-refractivity contribution in [3.63, 3.8) is 0 Å². The Balaban J connectivity index is 2.07. The molecular weight excluding hydrogens is 419 g/mol. The van der Waals surface area contributed by atoms with Gasteiger partial charge in [0.25, 0.3) is 0 Å². The number of nitrogens with one attached hydrogen (secondary N) is 2. The van der Waals surface area contributed by atoms with Crippen LogP contribution in [-0.2, 0) is 0 Å². The molecule has 140 valence electrons. The molecule has 0 amide bonds. The number of thiocarbonyl (C=S) groups is 1. The van der Waals surface area contributed by atoms with Gasteiger partial charge in [0.05, 0.1) is 24.9 Å². The number of anilines is 1. The first-order valence-electron chi connectivity index (χ1n) is 8.36. The maximum absolute atomic E-state index is 13.9. The molecule has 0 saturated carbocycles. The quantitative estimate of drug-likeness (QED) is 0.561. The molecule has 0 aliphatic rings. The van der Waals surface area contributed by atoms with Gasteiger partial charge in [-0.2, -0.15) is 0 Å². The van der Waals surface area contributed by atoms with Gasteiger partial charge >= 0.3 is 0 Å². The van der Waals surface area contributed by atoms with Gasteiger partial charge in [0.15, 0.2) is 16.6 Å². The molecule has 2 rings (SSSR count). The summed E-state index contributed by atoms with van der Waals surface area (Å²) >= 11 is 8.53. The Morgan fingerprint density at radius 2 is 1.81 bits per heavy atom. The lowest BCUT2D eigenvalue weighted by Crippen LogP contribution is -2.31. The lowest BCUT2D eigenvalue weighted by atomic mass is 10.1. The largest absolute Gasteiger partial charge is 0.490 e. The van der Waals surface area contributed by atoms with Gasteiger partial charge in [-0.05, 0) is 68.9 Å². The molecule has 0 fully saturated rings. The highest BCUT2D eigenvalue weighted by molar-refractivity contribution is 9.10. The SMILES string of the molecule is CCOc1ccc([C@@H](C)NC(=S)Nc2ccc(Br)cc2F)cc1OCC. The van der Waals surface area contributed by atoms with Crippen LogP contribution in [0.1, 0.15) is 32.4 Å². The average molecular weight is 441 g/mol. The second-order valence-electron chi connectivity index (χ2n) is 5.52. The fourth-order valence-corrected chi connectivity index (χ4v) is 2.99. The minimum atomic E-state index is -0.379. The van der Waals surface area contributed by atoms with E-state index in [1.54, 1.807) is 12.1 Å². The van der Waals surface area contributed by atoms with Gasteiger partial charge in [-0.1, -0.05) is 22.0 Å². The lowest BCUT2D eigenvalue weighted by Gasteiger charge is -2.19. The van der Waals surface area contributed by atoms with Crippen molar-refractivity contribution in [1.82, 2.24) is 5.32 Å². The maximum atomic E-state index is 13.9. The third-order valence-corrected chi connectivity index (χ3v) is 4.31. The van der Waals surface area contributed by atoms with Crippen LogP contribution in [0.4, 0.5) is 10.1 Å². The molecule has 2 aromatic carbocycles. The third-order valence-electron chi connectivity index (χ3n) is 3.59. The van der Waals surface area contributed by atoms with Gasteiger partial charge in [-0.25, -0.2) is 4.39 Å². The molecule has 0 heterocycles. The minimum absolute atomic E-state index is 0.0941. The number of hydrogen-bond donors (Lipinski definition) is 2. The summed E-state index contributed by atoms with van der Waals surface area (Å²) in [6.45, 7) is 6.94. The molecular formula is C19H22BrFN2O2S. The highest BCUT2D eigenvalue weighted by atomic mass is 79.9. The van der Waals surface area contributed by atoms with Crippen LogP contribution in [0.15, 0.2) is 40.9 Å². The van der Waals surface area contributed by atoms with E-state index in [2.05, 4.69) is 26.6 Å². The van der Waals surface area contributed by atoms with Gasteiger partial charge in [0.1, 0.15) is 5.82 Å². The fourth-order valence-electron chi connectivity index (χ4n) is 2.37. The Kier molecular flexibility index (Phi) is 7.66. The summed E-state index contributed by atoms with van der Waals surface area (Å²) in [6, 6.07) is 10.4. The van der Waals surface area contributed by atoms with Crippen LogP contribution in [-0.4, -0.2) is 18.3 Å². The van der Waals surface area contributed by atoms with Gasteiger partial charge < -0.3 is 20.1 Å². The Morgan fingerprint density at radius 3 is 2.46 bits per heavy atom. The van der Waals surface area contributed by atoms with Crippen LogP contribution in [0.5, 0.6) is 11.5 Å². The molecule has 0 aliphatic heterocycles. The summed E-state index contributed by atoms with van der Waals surface area (Å²) in [4.78, 5) is 0. The Morgan fingerprint density at radius 1 is 1.12 bits per heavy atom. The maximum Gasteiger partial charge on any atom is 0.171 e. The Bertz CT molecular complexity index is 773. The number of hydrogen-bond acceptors (Lipinski definition) is 3. The highest BCUT2D eigenvalue weighted by Gasteiger charge is 2.13. The summed E-state index contributed by atoms with van der Waals surface area (Å²) in [5.74, 6) is 1.03. The zero-order valence-electron chi connectivity index (χ0n) is 14.9. The number of benzene rings is 2. The number of rotatable bonds is 7. The van der Waals surface area contributed by atoms with E-state index in [9.17, 15) is 4.39 Å². The first-order chi connectivity index (χ1) is 12.4. The van der Waals surface area contributed by atoms with Crippen molar-refractivity contribution in [2.75, 3.05) is 18.5 Å². The minimum Gasteiger partial charge on any atom is -0.490 e. The van der Waals surface area contributed by atoms with Crippen LogP contribution >= 0.6 is 28.1 Å². The van der Waals surface area contributed by atoms with E-state index in [-0.39, 0.29) is 11.9 Å². The van der Waals surface area contributed by atoms with Crippen molar-refractivity contribution in [3.8, 4) is 11.5 Å². The standard InChI is InChI=1S/C19H22BrFN2O2S/c1-4-24-17-9-6-13(10-18(17)25-5-2)12(3)22-19(26)23-16-8-7-14(20)11-15(16)21/h6-12H,4-5H2,1-3H3,(H2,22,23,26)/t12-/m1/s1. The molecule has 1 atom stereocenters. The summed E-state index contributed by atoms with van der Waals surface area (Å²) < 4.78 is 25.8. The van der Waals surface area contributed by atoms with Crippen LogP contribution in [0.2, 0.25) is 0 Å². The van der Waals surface area contributed by atoms with Gasteiger partial charge in [-0.3, -0.25) is 0 Å². The molecule has 7 heteroatoms. The zero-order valence-corrected chi connectivity index (χ0v) is 17.3. The third kappa shape index (κ3) is 5.57. The van der Waals surface area contributed by atoms with E-state index < -0.39 is 0 Å². The summed E-state index contributed by atoms with van der Waals surface area (Å²) in [5, 5.41) is 6.37. The van der Waals surface area contributed by atoms with Crippen molar-refractivity contribution in [2.24, 2.45) is 0 Å². The summed E-state index contributed by atoms with van der Waals surface area (Å²) in [5.41, 5.74) is 1.30. The van der Waals surface area contributed by atoms with Crippen LogP contribution < -0.4 is 20.1 Å². The zero-order chi connectivity index (χ0) is 19.1. The van der Waals surface area contributed by atoms with Crippen LogP contribution in [0.3, 0.4) is 0 Å². The topological polar surface area (TPSA) is 42.5 Å². The predicted octanol–water partition coefficient (Wildman–Crippen LogP) is 5.43. The van der Waals surface area contributed by atoms with Crippen molar-refractivity contribution in [2.45, 2.75) is 26.8 Å². The van der Waals surface area contributed by atoms with E-state index in [0.29, 0.717) is 40.0 Å². The molecule has 0 saturated heterocycles. The molecule has 0 bridgehead atoms. The monoisotopic (exact) mass is 440 g/mol. The molecule has 0 radical (unpaired) electrons. The molecule has 2 aromatic rings. The highest BCUT2D eigenvalue weighted by Crippen LogP contribution is 2.30. The van der Waals surface area contributed by atoms with Gasteiger partial charge in [-0.15, -0.1) is 0 Å². The second-order valence-corrected chi connectivity index (χ2v) is 6.84. The molecule has 0 aromatic heterocycles. The van der Waals surface area contributed by atoms with E-state index >= 15 is 0 Å². The molecule has 4 nitrogen and oxygen atoms in total. The summed E-state index contributed by atoms with van der Waals surface area (Å²) in [6.07, 6.45) is 0. The molecule has 0 aliphatic carbocycles. The summed E-state index contributed by atoms with van der Waals surface area (Å²) in [7, 11) is 0. The van der Waals surface area contributed by atoms with Crippen LogP contribution in [0, 0.1) is 5.82 Å². The van der Waals surface area contributed by atoms with Gasteiger partial charge in [0.2, 0.25) is 0 Å². The predicted molar refractivity (Wildman–Crippen MR) is 111 cm³/mol. The fraction of sp³-hybridized carbons (Fsp3) is 0.316. The molecule has 2 N–H and O–H groups in total. The first-order valence-corrected chi connectivity index (χ1v) is 9.56. The van der Waals surface area contributed by atoms with Crippen molar-refractivity contribution < 1.29 is 13.9 Å². The second kappa shape index (κ2) is 9.73. The molecule has 0 unspecified atom stereocenters. The Hall–Kier alpha value is -1.86. The van der Waals surface area contributed by atoms with E-state index in [1.165, 1.54) is 6.07 Å². The van der Waals surface area contributed by atoms with Crippen molar-refractivity contribution >= 4 is 38.9 Å². The van der Waals surface area contributed by atoms with Crippen molar-refractivity contribution in [3.05, 3.63) is 52.3 Å².